The molecule has 3 N–H and O–H groups in total. The second-order valence-corrected chi connectivity index (χ2v) is 6.95. The minimum atomic E-state index is -3.63. The van der Waals surface area contributed by atoms with Gasteiger partial charge in [-0.3, -0.25) is 0 Å². The fraction of sp³-hybridized carbons (Fsp3) is 0.500. The Morgan fingerprint density at radius 3 is 2.61 bits per heavy atom. The Labute approximate surface area is 113 Å². The Morgan fingerprint density at radius 1 is 1.44 bits per heavy atom. The van der Waals surface area contributed by atoms with E-state index >= 15 is 0 Å². The van der Waals surface area contributed by atoms with Crippen LogP contribution < -0.4 is 10.5 Å². The molecule has 0 aromatic heterocycles. The lowest BCUT2D eigenvalue weighted by atomic mass is 10.1. The molecular weight excluding hydrogens is 272 g/mol. The van der Waals surface area contributed by atoms with Crippen LogP contribution in [0.15, 0.2) is 23.1 Å². The topological polar surface area (TPSA) is 72.2 Å². The monoisotopic (exact) mass is 288 g/mol. The van der Waals surface area contributed by atoms with E-state index in [4.69, 9.17) is 17.3 Å². The first-order valence-corrected chi connectivity index (χ1v) is 7.80. The summed E-state index contributed by atoms with van der Waals surface area (Å²) in [6.45, 7) is 2.53. The largest absolute Gasteiger partial charge is 0.398 e. The van der Waals surface area contributed by atoms with Crippen LogP contribution in [-0.4, -0.2) is 15.0 Å². The van der Waals surface area contributed by atoms with Gasteiger partial charge in [-0.05, 0) is 36.8 Å². The third-order valence-electron chi connectivity index (χ3n) is 3.61. The standard InChI is InChI=1S/C12H17ClN2O2S/c1-2-12(6-7-12)8-15-18(16,17)11-9(13)4-3-5-10(11)14/h3-5,15H,2,6-8,14H2,1H3. The first kappa shape index (κ1) is 13.6. The van der Waals surface area contributed by atoms with Crippen molar-refractivity contribution in [3.8, 4) is 0 Å². The Hall–Kier alpha value is -0.780. The van der Waals surface area contributed by atoms with E-state index in [1.165, 1.54) is 12.1 Å². The molecule has 0 amide bonds. The van der Waals surface area contributed by atoms with Gasteiger partial charge in [0.25, 0.3) is 0 Å². The van der Waals surface area contributed by atoms with Crippen LogP contribution >= 0.6 is 11.6 Å². The Bertz CT molecular complexity index is 533. The fourth-order valence-electron chi connectivity index (χ4n) is 1.96. The van der Waals surface area contributed by atoms with Gasteiger partial charge in [0, 0.05) is 6.54 Å². The number of benzene rings is 1. The van der Waals surface area contributed by atoms with Gasteiger partial charge in [-0.1, -0.05) is 24.6 Å². The zero-order chi connectivity index (χ0) is 13.4. The minimum Gasteiger partial charge on any atom is -0.398 e. The molecule has 0 radical (unpaired) electrons. The maximum Gasteiger partial charge on any atom is 0.244 e. The van der Waals surface area contributed by atoms with Gasteiger partial charge in [0.15, 0.2) is 0 Å². The molecule has 0 unspecified atom stereocenters. The summed E-state index contributed by atoms with van der Waals surface area (Å²) in [7, 11) is -3.63. The average Bonchev–Trinajstić information content (AvgIpc) is 3.07. The van der Waals surface area contributed by atoms with Crippen LogP contribution in [-0.2, 0) is 10.0 Å². The predicted molar refractivity (Wildman–Crippen MR) is 73.0 cm³/mol. The maximum absolute atomic E-state index is 12.2. The van der Waals surface area contributed by atoms with Crippen LogP contribution in [0.3, 0.4) is 0 Å². The molecule has 6 heteroatoms. The van der Waals surface area contributed by atoms with Crippen molar-refractivity contribution in [2.75, 3.05) is 12.3 Å². The van der Waals surface area contributed by atoms with Gasteiger partial charge < -0.3 is 5.73 Å². The molecule has 1 aliphatic carbocycles. The third-order valence-corrected chi connectivity index (χ3v) is 5.55. The summed E-state index contributed by atoms with van der Waals surface area (Å²) in [5, 5.41) is 0.156. The number of hydrogen-bond acceptors (Lipinski definition) is 3. The number of nitrogens with two attached hydrogens (primary N) is 1. The highest BCUT2D eigenvalue weighted by Crippen LogP contribution is 2.48. The summed E-state index contributed by atoms with van der Waals surface area (Å²) in [5.41, 5.74) is 6.01. The predicted octanol–water partition coefficient (Wildman–Crippen LogP) is 2.39. The van der Waals surface area contributed by atoms with Crippen LogP contribution in [0.4, 0.5) is 5.69 Å². The Kier molecular flexibility index (Phi) is 3.58. The molecule has 4 nitrogen and oxygen atoms in total. The first-order chi connectivity index (χ1) is 8.40. The molecule has 0 bridgehead atoms. The van der Waals surface area contributed by atoms with Crippen molar-refractivity contribution in [3.05, 3.63) is 23.2 Å². The van der Waals surface area contributed by atoms with E-state index in [0.717, 1.165) is 19.3 Å². The summed E-state index contributed by atoms with van der Waals surface area (Å²) in [6.07, 6.45) is 3.13. The number of halogens is 1. The van der Waals surface area contributed by atoms with Gasteiger partial charge in [-0.25, -0.2) is 13.1 Å². The summed E-state index contributed by atoms with van der Waals surface area (Å²) < 4.78 is 27.0. The van der Waals surface area contributed by atoms with Gasteiger partial charge in [-0.15, -0.1) is 0 Å². The van der Waals surface area contributed by atoms with E-state index in [1.54, 1.807) is 6.07 Å². The number of hydrogen-bond donors (Lipinski definition) is 2. The summed E-state index contributed by atoms with van der Waals surface area (Å²) >= 11 is 5.91. The quantitative estimate of drug-likeness (QED) is 0.817. The molecule has 0 saturated heterocycles. The van der Waals surface area contributed by atoms with E-state index in [1.807, 2.05) is 0 Å². The van der Waals surface area contributed by atoms with E-state index in [9.17, 15) is 8.42 Å². The lowest BCUT2D eigenvalue weighted by Crippen LogP contribution is -2.30. The Balaban J connectivity index is 2.21. The SMILES string of the molecule is CCC1(CNS(=O)(=O)c2c(N)cccc2Cl)CC1. The minimum absolute atomic E-state index is 0.0152. The van der Waals surface area contributed by atoms with Crippen LogP contribution in [0.1, 0.15) is 26.2 Å². The van der Waals surface area contributed by atoms with Crippen molar-refractivity contribution in [2.24, 2.45) is 5.41 Å². The zero-order valence-corrected chi connectivity index (χ0v) is 11.8. The number of anilines is 1. The van der Waals surface area contributed by atoms with Gasteiger partial charge in [0.05, 0.1) is 10.7 Å². The molecule has 0 aliphatic heterocycles. The van der Waals surface area contributed by atoms with Gasteiger partial charge in [0.2, 0.25) is 10.0 Å². The smallest absolute Gasteiger partial charge is 0.244 e. The summed E-state index contributed by atoms with van der Waals surface area (Å²) in [5.74, 6) is 0. The molecule has 0 heterocycles. The molecule has 1 aliphatic rings. The molecule has 0 atom stereocenters. The molecule has 18 heavy (non-hydrogen) atoms. The fourth-order valence-corrected chi connectivity index (χ4v) is 3.79. The van der Waals surface area contributed by atoms with Crippen molar-refractivity contribution >= 4 is 27.3 Å². The van der Waals surface area contributed by atoms with Gasteiger partial charge >= 0.3 is 0 Å². The van der Waals surface area contributed by atoms with E-state index < -0.39 is 10.0 Å². The molecule has 100 valence electrons. The lowest BCUT2D eigenvalue weighted by Gasteiger charge is -2.15. The highest BCUT2D eigenvalue weighted by molar-refractivity contribution is 7.89. The van der Waals surface area contributed by atoms with Crippen LogP contribution in [0.5, 0.6) is 0 Å². The lowest BCUT2D eigenvalue weighted by molar-refractivity contribution is 0.476. The third kappa shape index (κ3) is 2.63. The maximum atomic E-state index is 12.2. The van der Waals surface area contributed by atoms with E-state index in [0.29, 0.717) is 6.54 Å². The van der Waals surface area contributed by atoms with Crippen molar-refractivity contribution in [2.45, 2.75) is 31.1 Å². The molecular formula is C12H17ClN2O2S. The zero-order valence-electron chi connectivity index (χ0n) is 10.2. The summed E-state index contributed by atoms with van der Waals surface area (Å²) in [4.78, 5) is -0.0152. The molecule has 1 fully saturated rings. The summed E-state index contributed by atoms with van der Waals surface area (Å²) in [6, 6.07) is 4.69. The number of nitrogen functional groups attached to an aromatic ring is 1. The molecule has 0 spiro atoms. The second-order valence-electron chi connectivity index (χ2n) is 4.84. The number of sulfonamides is 1. The van der Waals surface area contributed by atoms with Crippen LogP contribution in [0, 0.1) is 5.41 Å². The van der Waals surface area contributed by atoms with Crippen LogP contribution in [0.25, 0.3) is 0 Å². The molecule has 1 aromatic rings. The number of nitrogens with one attached hydrogen (secondary N) is 1. The first-order valence-electron chi connectivity index (χ1n) is 5.94. The number of rotatable bonds is 5. The van der Waals surface area contributed by atoms with Crippen molar-refractivity contribution in [1.29, 1.82) is 0 Å². The van der Waals surface area contributed by atoms with Crippen molar-refractivity contribution in [1.82, 2.24) is 4.72 Å². The normalized spacial score (nSPS) is 17.7. The van der Waals surface area contributed by atoms with Crippen LogP contribution in [0.2, 0.25) is 5.02 Å². The van der Waals surface area contributed by atoms with Crippen molar-refractivity contribution < 1.29 is 8.42 Å². The highest BCUT2D eigenvalue weighted by atomic mass is 35.5. The van der Waals surface area contributed by atoms with E-state index in [-0.39, 0.29) is 21.0 Å². The van der Waals surface area contributed by atoms with E-state index in [2.05, 4.69) is 11.6 Å². The average molecular weight is 289 g/mol. The van der Waals surface area contributed by atoms with Gasteiger partial charge in [-0.2, -0.15) is 0 Å². The van der Waals surface area contributed by atoms with Gasteiger partial charge in [0.1, 0.15) is 4.90 Å². The van der Waals surface area contributed by atoms with Crippen molar-refractivity contribution in [3.63, 3.8) is 0 Å². The highest BCUT2D eigenvalue weighted by Gasteiger charge is 2.41. The Morgan fingerprint density at radius 2 is 2.11 bits per heavy atom. The molecule has 1 aromatic carbocycles. The molecule has 2 rings (SSSR count). The molecule has 1 saturated carbocycles. The second kappa shape index (κ2) is 4.72.